The predicted molar refractivity (Wildman–Crippen MR) is 173 cm³/mol. The molecule has 41 heavy (non-hydrogen) atoms. The van der Waals surface area contributed by atoms with Crippen molar-refractivity contribution in [1.82, 2.24) is 19.9 Å². The molecule has 0 amide bonds. The number of hydrogen-bond donors (Lipinski definition) is 2. The van der Waals surface area contributed by atoms with E-state index >= 15 is 0 Å². The Morgan fingerprint density at radius 1 is 0.512 bits per heavy atom. The molecule has 0 spiro atoms. The molecule has 0 atom stereocenters. The Balaban J connectivity index is 0.00000387. The largest absolute Gasteiger partial charge is 0.355 e. The topological polar surface area (TPSA) is 57.4 Å². The van der Waals surface area contributed by atoms with E-state index in [1.54, 1.807) is 0 Å². The van der Waals surface area contributed by atoms with E-state index in [0.717, 1.165) is 68.4 Å². The third-order valence-corrected chi connectivity index (χ3v) is 8.92. The fourth-order valence-electron chi connectivity index (χ4n) is 7.01. The van der Waals surface area contributed by atoms with Crippen LogP contribution in [0.4, 0.5) is 0 Å². The van der Waals surface area contributed by atoms with Gasteiger partial charge in [0.05, 0.1) is 22.8 Å². The number of nitrogens with zero attached hydrogens (tertiary/aromatic N) is 2. The number of rotatable bonds is 8. The van der Waals surface area contributed by atoms with Gasteiger partial charge >= 0.3 is 0 Å². The number of H-pyrrole nitrogens is 2. The first-order valence-electron chi connectivity index (χ1n) is 15.7. The quantitative estimate of drug-likeness (QED) is 0.243. The van der Waals surface area contributed by atoms with Crippen molar-refractivity contribution in [3.8, 4) is 0 Å². The number of nitrogens with one attached hydrogen (secondary N) is 2. The summed E-state index contributed by atoms with van der Waals surface area (Å²) in [6.07, 6.45) is 10.1. The molecule has 2 N–H and O–H groups in total. The molecule has 0 fully saturated rings. The van der Waals surface area contributed by atoms with E-state index in [4.69, 9.17) is 9.97 Å². The molecule has 220 valence electrons. The number of aromatic amines is 2. The zero-order chi connectivity index (χ0) is 28.6. The second kappa shape index (κ2) is 13.1. The molecule has 2 aliphatic rings. The van der Waals surface area contributed by atoms with Gasteiger partial charge in [0.2, 0.25) is 0 Å². The van der Waals surface area contributed by atoms with Gasteiger partial charge in [-0.25, -0.2) is 9.97 Å². The minimum absolute atomic E-state index is 0. The van der Waals surface area contributed by atoms with Gasteiger partial charge in [0.1, 0.15) is 0 Å². The fourth-order valence-corrected chi connectivity index (χ4v) is 7.01. The number of hydrogen-bond acceptors (Lipinski definition) is 2. The fraction of sp³-hybridized carbons (Fsp3) is 0.444. The van der Waals surface area contributed by atoms with Crippen molar-refractivity contribution in [3.05, 3.63) is 68.8 Å². The smallest absolute Gasteiger partial charge is 0.0725 e. The molecular formula is C36H46N4Pt. The van der Waals surface area contributed by atoms with Crippen molar-refractivity contribution in [3.63, 3.8) is 0 Å². The van der Waals surface area contributed by atoms with Gasteiger partial charge in [0.15, 0.2) is 0 Å². The van der Waals surface area contributed by atoms with Gasteiger partial charge in [-0.1, -0.05) is 55.4 Å². The first-order valence-corrected chi connectivity index (χ1v) is 15.7. The summed E-state index contributed by atoms with van der Waals surface area (Å²) < 4.78 is 0. The predicted octanol–water partition coefficient (Wildman–Crippen LogP) is 9.81. The third kappa shape index (κ3) is 5.34. The summed E-state index contributed by atoms with van der Waals surface area (Å²) in [5, 5.41) is 0. The number of aryl methyl sites for hydroxylation is 5. The zero-order valence-corrected chi connectivity index (χ0v) is 28.4. The summed E-state index contributed by atoms with van der Waals surface area (Å²) in [5.74, 6) is 0. The Labute approximate surface area is 260 Å². The van der Waals surface area contributed by atoms with Crippen molar-refractivity contribution in [2.75, 3.05) is 0 Å². The molecule has 0 radical (unpaired) electrons. The average Bonchev–Trinajstić information content (AvgIpc) is 3.70. The second-order valence-electron chi connectivity index (χ2n) is 10.9. The molecule has 2 aliphatic heterocycles. The van der Waals surface area contributed by atoms with Gasteiger partial charge < -0.3 is 9.97 Å². The Morgan fingerprint density at radius 2 is 1.07 bits per heavy atom. The number of fused-ring (bicyclic) bond motifs is 8. The van der Waals surface area contributed by atoms with Crippen LogP contribution in [0.3, 0.4) is 0 Å². The first-order chi connectivity index (χ1) is 19.5. The van der Waals surface area contributed by atoms with E-state index in [1.165, 1.54) is 72.3 Å². The first kappa shape index (κ1) is 31.2. The Bertz CT molecular complexity index is 1680. The summed E-state index contributed by atoms with van der Waals surface area (Å²) in [7, 11) is 0. The van der Waals surface area contributed by atoms with E-state index in [1.807, 2.05) is 0 Å². The Hall–Kier alpha value is -2.71. The molecule has 0 aliphatic carbocycles. The van der Waals surface area contributed by atoms with Crippen LogP contribution < -0.4 is 0 Å². The molecule has 3 aromatic heterocycles. The normalized spacial score (nSPS) is 13.0. The Kier molecular flexibility index (Phi) is 9.96. The van der Waals surface area contributed by atoms with Gasteiger partial charge in [0, 0.05) is 48.7 Å². The molecular weight excluding hydrogens is 684 g/mol. The van der Waals surface area contributed by atoms with Crippen LogP contribution in [-0.2, 0) is 53.2 Å². The van der Waals surface area contributed by atoms with E-state index < -0.39 is 0 Å². The van der Waals surface area contributed by atoms with Crippen LogP contribution in [0, 0.1) is 0 Å². The van der Waals surface area contributed by atoms with Crippen LogP contribution in [0.5, 0.6) is 0 Å². The molecule has 5 rings (SSSR count). The van der Waals surface area contributed by atoms with Crippen LogP contribution in [0.15, 0.2) is 18.2 Å². The average molecular weight is 730 g/mol. The number of aromatic nitrogens is 4. The standard InChI is InChI=1S/C36H46N4.Pt/c1-9-21-17-22-18-31-23(10-2)24(11-3)32(38-31)20-34-26(13-5)28(15-7)36(40-34)29(16-8)35-27(14-6)25(12-4)33(39-35)19-30(21)37-22;/h17-20,38,40H,9-16H2,1-8H3;. The van der Waals surface area contributed by atoms with Crippen molar-refractivity contribution in [1.29, 1.82) is 0 Å². The van der Waals surface area contributed by atoms with Crippen LogP contribution in [0.1, 0.15) is 125 Å². The van der Waals surface area contributed by atoms with Gasteiger partial charge in [0.25, 0.3) is 0 Å². The summed E-state index contributed by atoms with van der Waals surface area (Å²) >= 11 is 0. The second-order valence-corrected chi connectivity index (χ2v) is 10.9. The summed E-state index contributed by atoms with van der Waals surface area (Å²) in [6, 6.07) is 6.87. The molecule has 3 aromatic rings. The van der Waals surface area contributed by atoms with E-state index in [2.05, 4.69) is 89.6 Å². The van der Waals surface area contributed by atoms with Gasteiger partial charge in [-0.05, 0) is 115 Å². The van der Waals surface area contributed by atoms with Crippen LogP contribution in [-0.4, -0.2) is 19.9 Å². The molecule has 5 heteroatoms. The van der Waals surface area contributed by atoms with Crippen molar-refractivity contribution in [2.24, 2.45) is 0 Å². The molecule has 8 bridgehead atoms. The van der Waals surface area contributed by atoms with E-state index in [-0.39, 0.29) is 21.1 Å². The van der Waals surface area contributed by atoms with Crippen molar-refractivity contribution >= 4 is 44.9 Å². The maximum Gasteiger partial charge on any atom is 0.0725 e. The Morgan fingerprint density at radius 3 is 1.63 bits per heavy atom. The van der Waals surface area contributed by atoms with Crippen LogP contribution in [0.25, 0.3) is 44.9 Å². The summed E-state index contributed by atoms with van der Waals surface area (Å²) in [4.78, 5) is 18.3. The van der Waals surface area contributed by atoms with Crippen LogP contribution >= 0.6 is 0 Å². The molecule has 0 saturated heterocycles. The van der Waals surface area contributed by atoms with Gasteiger partial charge in [-0.15, -0.1) is 0 Å². The summed E-state index contributed by atoms with van der Waals surface area (Å²) in [5.41, 5.74) is 20.3. The monoisotopic (exact) mass is 729 g/mol. The SMILES string of the molecule is CCC1=Cc2cc3[nH]c(cc4[nH]c(c(CC)c5nc(cc1n2)C(CC)=C5CC)c(CC)c4CC)c(CC)c3CC.[Pt]. The maximum absolute atomic E-state index is 5.39. The van der Waals surface area contributed by atoms with Crippen molar-refractivity contribution in [2.45, 2.75) is 107 Å². The zero-order valence-electron chi connectivity index (χ0n) is 26.2. The third-order valence-electron chi connectivity index (χ3n) is 8.92. The molecule has 0 unspecified atom stereocenters. The summed E-state index contributed by atoms with van der Waals surface area (Å²) in [6.45, 7) is 18.1. The molecule has 0 saturated carbocycles. The van der Waals surface area contributed by atoms with Gasteiger partial charge in [-0.2, -0.15) is 0 Å². The van der Waals surface area contributed by atoms with Gasteiger partial charge in [-0.3, -0.25) is 0 Å². The maximum atomic E-state index is 5.39. The molecule has 5 heterocycles. The molecule has 0 aromatic carbocycles. The van der Waals surface area contributed by atoms with Crippen molar-refractivity contribution < 1.29 is 21.1 Å². The number of allylic oxidation sites excluding steroid dienone is 3. The van der Waals surface area contributed by atoms with E-state index in [9.17, 15) is 0 Å². The van der Waals surface area contributed by atoms with Crippen LogP contribution in [0.2, 0.25) is 0 Å². The minimum Gasteiger partial charge on any atom is -0.355 e. The molecule has 4 nitrogen and oxygen atoms in total. The minimum atomic E-state index is 0. The van der Waals surface area contributed by atoms with E-state index in [0.29, 0.717) is 0 Å².